The molecule has 0 N–H and O–H groups in total. The third kappa shape index (κ3) is 5.57. The van der Waals surface area contributed by atoms with Crippen LogP contribution in [0.25, 0.3) is 0 Å². The molecule has 3 rings (SSSR count). The number of aromatic nitrogens is 1. The van der Waals surface area contributed by atoms with Crippen molar-refractivity contribution in [2.45, 2.75) is 19.8 Å². The van der Waals surface area contributed by atoms with Gasteiger partial charge in [-0.15, -0.1) is 0 Å². The topological polar surface area (TPSA) is 57.7 Å². The van der Waals surface area contributed by atoms with Crippen molar-refractivity contribution >= 4 is 5.97 Å². The SMILES string of the molecule is CC(C)c1ccc(OCC(=O)Oc2ccc(Oc3ccccn3)cc2)cc1. The number of benzene rings is 2. The van der Waals surface area contributed by atoms with Gasteiger partial charge in [0.05, 0.1) is 0 Å². The maximum atomic E-state index is 11.9. The van der Waals surface area contributed by atoms with Gasteiger partial charge in [0.1, 0.15) is 17.2 Å². The molecule has 0 aliphatic heterocycles. The largest absolute Gasteiger partial charge is 0.482 e. The maximum absolute atomic E-state index is 11.9. The van der Waals surface area contributed by atoms with Crippen LogP contribution in [0.1, 0.15) is 25.3 Å². The van der Waals surface area contributed by atoms with E-state index in [1.54, 1.807) is 36.5 Å². The van der Waals surface area contributed by atoms with E-state index in [0.29, 0.717) is 29.0 Å². The van der Waals surface area contributed by atoms with Crippen molar-refractivity contribution < 1.29 is 19.0 Å². The number of carbonyl (C=O) groups is 1. The minimum absolute atomic E-state index is 0.160. The van der Waals surface area contributed by atoms with Crippen LogP contribution < -0.4 is 14.2 Å². The minimum atomic E-state index is -0.471. The highest BCUT2D eigenvalue weighted by Gasteiger charge is 2.07. The average molecular weight is 363 g/mol. The molecule has 0 unspecified atom stereocenters. The predicted molar refractivity (Wildman–Crippen MR) is 102 cm³/mol. The maximum Gasteiger partial charge on any atom is 0.349 e. The van der Waals surface area contributed by atoms with E-state index in [0.717, 1.165) is 0 Å². The third-order valence-electron chi connectivity index (χ3n) is 3.82. The van der Waals surface area contributed by atoms with Gasteiger partial charge in [0.25, 0.3) is 0 Å². The zero-order chi connectivity index (χ0) is 19.1. The normalized spacial score (nSPS) is 10.5. The number of ether oxygens (including phenoxy) is 3. The van der Waals surface area contributed by atoms with Crippen molar-refractivity contribution in [3.63, 3.8) is 0 Å². The van der Waals surface area contributed by atoms with Crippen LogP contribution in [0.3, 0.4) is 0 Å². The van der Waals surface area contributed by atoms with Gasteiger partial charge in [-0.05, 0) is 53.9 Å². The molecular formula is C22H21NO4. The number of esters is 1. The molecule has 0 amide bonds. The van der Waals surface area contributed by atoms with E-state index in [-0.39, 0.29) is 6.61 Å². The molecule has 0 radical (unpaired) electrons. The Balaban J connectivity index is 1.49. The molecule has 0 fully saturated rings. The summed E-state index contributed by atoms with van der Waals surface area (Å²) in [5, 5.41) is 0. The smallest absolute Gasteiger partial charge is 0.349 e. The first-order chi connectivity index (χ1) is 13.1. The van der Waals surface area contributed by atoms with Gasteiger partial charge >= 0.3 is 5.97 Å². The third-order valence-corrected chi connectivity index (χ3v) is 3.82. The van der Waals surface area contributed by atoms with Gasteiger partial charge in [-0.1, -0.05) is 32.0 Å². The predicted octanol–water partition coefficient (Wildman–Crippen LogP) is 4.98. The molecule has 5 heteroatoms. The summed E-state index contributed by atoms with van der Waals surface area (Å²) in [7, 11) is 0. The fraction of sp³-hybridized carbons (Fsp3) is 0.182. The van der Waals surface area contributed by atoms with Gasteiger partial charge in [0.15, 0.2) is 6.61 Å². The second-order valence-electron chi connectivity index (χ2n) is 6.23. The molecule has 1 aromatic heterocycles. The fourth-order valence-corrected chi connectivity index (χ4v) is 2.36. The Morgan fingerprint density at radius 1 is 0.889 bits per heavy atom. The Hall–Kier alpha value is -3.34. The van der Waals surface area contributed by atoms with E-state index >= 15 is 0 Å². The van der Waals surface area contributed by atoms with Crippen LogP contribution in [-0.2, 0) is 4.79 Å². The lowest BCUT2D eigenvalue weighted by molar-refractivity contribution is -0.136. The molecular weight excluding hydrogens is 342 g/mol. The van der Waals surface area contributed by atoms with Crippen LogP contribution >= 0.6 is 0 Å². The molecule has 0 saturated heterocycles. The van der Waals surface area contributed by atoms with Crippen molar-refractivity contribution in [2.24, 2.45) is 0 Å². The molecule has 138 valence electrons. The highest BCUT2D eigenvalue weighted by molar-refractivity contribution is 5.74. The number of pyridine rings is 1. The molecule has 27 heavy (non-hydrogen) atoms. The van der Waals surface area contributed by atoms with Crippen LogP contribution in [0, 0.1) is 0 Å². The first-order valence-electron chi connectivity index (χ1n) is 8.72. The summed E-state index contributed by atoms with van der Waals surface area (Å²) < 4.78 is 16.3. The van der Waals surface area contributed by atoms with Gasteiger partial charge in [0.2, 0.25) is 5.88 Å². The van der Waals surface area contributed by atoms with Crippen LogP contribution in [0.5, 0.6) is 23.1 Å². The van der Waals surface area contributed by atoms with Crippen molar-refractivity contribution in [3.05, 3.63) is 78.5 Å². The molecule has 0 bridgehead atoms. The van der Waals surface area contributed by atoms with Crippen LogP contribution in [-0.4, -0.2) is 17.6 Å². The van der Waals surface area contributed by atoms with Gasteiger partial charge in [0, 0.05) is 12.3 Å². The zero-order valence-electron chi connectivity index (χ0n) is 15.3. The quantitative estimate of drug-likeness (QED) is 0.438. The Kier molecular flexibility index (Phi) is 6.05. The van der Waals surface area contributed by atoms with E-state index in [1.807, 2.05) is 36.4 Å². The molecule has 2 aromatic carbocycles. The monoisotopic (exact) mass is 363 g/mol. The second kappa shape index (κ2) is 8.85. The first kappa shape index (κ1) is 18.5. The molecule has 1 heterocycles. The summed E-state index contributed by atoms with van der Waals surface area (Å²) in [6.07, 6.45) is 1.65. The highest BCUT2D eigenvalue weighted by atomic mass is 16.6. The van der Waals surface area contributed by atoms with Crippen LogP contribution in [0.2, 0.25) is 0 Å². The Labute approximate surface area is 158 Å². The summed E-state index contributed by atoms with van der Waals surface area (Å²) in [6, 6.07) is 19.9. The standard InChI is InChI=1S/C22H21NO4/c1-16(2)17-6-8-18(9-7-17)25-15-22(24)27-20-12-10-19(11-13-20)26-21-5-3-4-14-23-21/h3-14,16H,15H2,1-2H3. The van der Waals surface area contributed by atoms with Crippen molar-refractivity contribution in [1.82, 2.24) is 4.98 Å². The summed E-state index contributed by atoms with van der Waals surface area (Å²) in [6.45, 7) is 4.09. The Morgan fingerprint density at radius 3 is 2.19 bits per heavy atom. The van der Waals surface area contributed by atoms with Crippen LogP contribution in [0.15, 0.2) is 72.9 Å². The van der Waals surface area contributed by atoms with E-state index in [2.05, 4.69) is 18.8 Å². The van der Waals surface area contributed by atoms with Gasteiger partial charge < -0.3 is 14.2 Å². The number of nitrogens with zero attached hydrogens (tertiary/aromatic N) is 1. The number of hydrogen-bond acceptors (Lipinski definition) is 5. The van der Waals surface area contributed by atoms with E-state index in [9.17, 15) is 4.79 Å². The van der Waals surface area contributed by atoms with Gasteiger partial charge in [-0.25, -0.2) is 9.78 Å². The molecule has 0 aliphatic carbocycles. The fourth-order valence-electron chi connectivity index (χ4n) is 2.36. The summed E-state index contributed by atoms with van der Waals surface area (Å²) in [4.78, 5) is 16.0. The van der Waals surface area contributed by atoms with Crippen molar-refractivity contribution in [1.29, 1.82) is 0 Å². The van der Waals surface area contributed by atoms with Gasteiger partial charge in [-0.2, -0.15) is 0 Å². The van der Waals surface area contributed by atoms with Gasteiger partial charge in [-0.3, -0.25) is 0 Å². The second-order valence-corrected chi connectivity index (χ2v) is 6.23. The van der Waals surface area contributed by atoms with Crippen molar-refractivity contribution in [3.8, 4) is 23.1 Å². The number of rotatable bonds is 7. The Morgan fingerprint density at radius 2 is 1.56 bits per heavy atom. The molecule has 0 aliphatic rings. The van der Waals surface area contributed by atoms with E-state index < -0.39 is 5.97 Å². The zero-order valence-corrected chi connectivity index (χ0v) is 15.3. The molecule has 0 saturated carbocycles. The molecule has 0 spiro atoms. The summed E-state index contributed by atoms with van der Waals surface area (Å²) >= 11 is 0. The van der Waals surface area contributed by atoms with E-state index in [4.69, 9.17) is 14.2 Å². The lowest BCUT2D eigenvalue weighted by atomic mass is 10.0. The number of hydrogen-bond donors (Lipinski definition) is 0. The minimum Gasteiger partial charge on any atom is -0.482 e. The highest BCUT2D eigenvalue weighted by Crippen LogP contribution is 2.22. The van der Waals surface area contributed by atoms with Crippen LogP contribution in [0.4, 0.5) is 0 Å². The molecule has 3 aromatic rings. The summed E-state index contributed by atoms with van der Waals surface area (Å²) in [5.41, 5.74) is 1.22. The van der Waals surface area contributed by atoms with Crippen molar-refractivity contribution in [2.75, 3.05) is 6.61 Å². The molecule has 5 nitrogen and oxygen atoms in total. The molecule has 0 atom stereocenters. The van der Waals surface area contributed by atoms with E-state index in [1.165, 1.54) is 5.56 Å². The lowest BCUT2D eigenvalue weighted by Gasteiger charge is -2.09. The first-order valence-corrected chi connectivity index (χ1v) is 8.72. The lowest BCUT2D eigenvalue weighted by Crippen LogP contribution is -2.17. The average Bonchev–Trinajstić information content (AvgIpc) is 2.69. The number of carbonyl (C=O) groups excluding carboxylic acids is 1. The summed E-state index contributed by atoms with van der Waals surface area (Å²) in [5.74, 6) is 2.15. The Bertz CT molecular complexity index is 859.